The van der Waals surface area contributed by atoms with E-state index in [0.29, 0.717) is 6.04 Å². The lowest BCUT2D eigenvalue weighted by molar-refractivity contribution is 0.0214. The van der Waals surface area contributed by atoms with Crippen LogP contribution in [0.15, 0.2) is 24.3 Å². The molecule has 116 valence electrons. The lowest BCUT2D eigenvalue weighted by Crippen LogP contribution is -2.42. The molecule has 0 spiro atoms. The van der Waals surface area contributed by atoms with E-state index in [-0.39, 0.29) is 11.5 Å². The third-order valence-electron chi connectivity index (χ3n) is 4.00. The van der Waals surface area contributed by atoms with Crippen LogP contribution in [0, 0.1) is 0 Å². The third-order valence-corrected chi connectivity index (χ3v) is 4.00. The van der Waals surface area contributed by atoms with E-state index in [1.54, 1.807) is 0 Å². The average Bonchev–Trinajstić information content (AvgIpc) is 2.81. The molecular weight excluding hydrogens is 264 g/mol. The summed E-state index contributed by atoms with van der Waals surface area (Å²) in [4.78, 5) is 12.0. The molecule has 1 amide bonds. The van der Waals surface area contributed by atoms with Crippen LogP contribution in [0.3, 0.4) is 0 Å². The fourth-order valence-electron chi connectivity index (χ4n) is 2.64. The zero-order valence-corrected chi connectivity index (χ0v) is 13.2. The van der Waals surface area contributed by atoms with Gasteiger partial charge in [0.25, 0.3) is 5.91 Å². The quantitative estimate of drug-likeness (QED) is 0.846. The monoisotopic (exact) mass is 290 g/mol. The molecule has 0 radical (unpaired) electrons. The highest BCUT2D eigenvalue weighted by atomic mass is 16.5. The summed E-state index contributed by atoms with van der Waals surface area (Å²) in [5.41, 5.74) is 1.74. The first-order valence-corrected chi connectivity index (χ1v) is 7.77. The second-order valence-corrected chi connectivity index (χ2v) is 6.13. The SMILES string of the molecule is CCCNC(=O)c1cccc(CNC2CCOC2(C)C)c1. The first kappa shape index (κ1) is 16.0. The number of amides is 1. The van der Waals surface area contributed by atoms with Crippen LogP contribution in [0.5, 0.6) is 0 Å². The van der Waals surface area contributed by atoms with Crippen LogP contribution in [0.2, 0.25) is 0 Å². The number of hydrogen-bond donors (Lipinski definition) is 2. The van der Waals surface area contributed by atoms with Gasteiger partial charge in [0.2, 0.25) is 0 Å². The van der Waals surface area contributed by atoms with E-state index in [1.807, 2.05) is 31.2 Å². The van der Waals surface area contributed by atoms with Gasteiger partial charge < -0.3 is 15.4 Å². The number of rotatable bonds is 6. The van der Waals surface area contributed by atoms with Crippen LogP contribution in [-0.2, 0) is 11.3 Å². The molecule has 2 rings (SSSR count). The van der Waals surface area contributed by atoms with Crippen molar-refractivity contribution >= 4 is 5.91 Å². The molecule has 1 heterocycles. The maximum Gasteiger partial charge on any atom is 0.251 e. The van der Waals surface area contributed by atoms with E-state index in [4.69, 9.17) is 4.74 Å². The summed E-state index contributed by atoms with van der Waals surface area (Å²) in [5, 5.41) is 6.45. The highest BCUT2D eigenvalue weighted by Gasteiger charge is 2.35. The molecular formula is C17H26N2O2. The zero-order chi connectivity index (χ0) is 15.3. The third kappa shape index (κ3) is 4.29. The van der Waals surface area contributed by atoms with Gasteiger partial charge >= 0.3 is 0 Å². The Hall–Kier alpha value is -1.39. The van der Waals surface area contributed by atoms with Gasteiger partial charge in [-0.15, -0.1) is 0 Å². The first-order valence-electron chi connectivity index (χ1n) is 7.77. The highest BCUT2D eigenvalue weighted by molar-refractivity contribution is 5.94. The largest absolute Gasteiger partial charge is 0.374 e. The number of ether oxygens (including phenoxy) is 1. The second-order valence-electron chi connectivity index (χ2n) is 6.13. The molecule has 1 unspecified atom stereocenters. The van der Waals surface area contributed by atoms with Crippen molar-refractivity contribution in [1.29, 1.82) is 0 Å². The van der Waals surface area contributed by atoms with Crippen LogP contribution in [0.25, 0.3) is 0 Å². The minimum Gasteiger partial charge on any atom is -0.374 e. The first-order chi connectivity index (χ1) is 10.0. The second kappa shape index (κ2) is 7.05. The molecule has 4 heteroatoms. The summed E-state index contributed by atoms with van der Waals surface area (Å²) < 4.78 is 5.72. The van der Waals surface area contributed by atoms with Gasteiger partial charge in [-0.1, -0.05) is 19.1 Å². The van der Waals surface area contributed by atoms with Gasteiger partial charge in [0.15, 0.2) is 0 Å². The lowest BCUT2D eigenvalue weighted by atomic mass is 9.98. The predicted octanol–water partition coefficient (Wildman–Crippen LogP) is 2.48. The van der Waals surface area contributed by atoms with Crippen LogP contribution in [0.4, 0.5) is 0 Å². The van der Waals surface area contributed by atoms with Crippen molar-refractivity contribution in [3.63, 3.8) is 0 Å². The van der Waals surface area contributed by atoms with Crippen molar-refractivity contribution in [3.8, 4) is 0 Å². The Bertz CT molecular complexity index is 485. The number of carbonyl (C=O) groups is 1. The van der Waals surface area contributed by atoms with Gasteiger partial charge in [-0.25, -0.2) is 0 Å². The molecule has 1 saturated heterocycles. The minimum atomic E-state index is -0.115. The molecule has 2 N–H and O–H groups in total. The van der Waals surface area contributed by atoms with Crippen molar-refractivity contribution < 1.29 is 9.53 Å². The number of hydrogen-bond acceptors (Lipinski definition) is 3. The molecule has 1 fully saturated rings. The van der Waals surface area contributed by atoms with Crippen molar-refractivity contribution in [2.45, 2.75) is 51.8 Å². The van der Waals surface area contributed by atoms with E-state index < -0.39 is 0 Å². The fourth-order valence-corrected chi connectivity index (χ4v) is 2.64. The Labute approximate surface area is 127 Å². The van der Waals surface area contributed by atoms with Crippen molar-refractivity contribution in [2.75, 3.05) is 13.2 Å². The smallest absolute Gasteiger partial charge is 0.251 e. The molecule has 1 aliphatic rings. The summed E-state index contributed by atoms with van der Waals surface area (Å²) >= 11 is 0. The summed E-state index contributed by atoms with van der Waals surface area (Å²) in [6, 6.07) is 8.16. The Morgan fingerprint density at radius 1 is 1.43 bits per heavy atom. The maximum atomic E-state index is 12.0. The van der Waals surface area contributed by atoms with Gasteiger partial charge in [-0.05, 0) is 44.4 Å². The van der Waals surface area contributed by atoms with E-state index in [1.165, 1.54) is 0 Å². The van der Waals surface area contributed by atoms with Gasteiger partial charge in [-0.3, -0.25) is 4.79 Å². The van der Waals surface area contributed by atoms with E-state index in [2.05, 4.69) is 24.5 Å². The van der Waals surface area contributed by atoms with Crippen molar-refractivity contribution in [2.24, 2.45) is 0 Å². The van der Waals surface area contributed by atoms with Crippen LogP contribution in [-0.4, -0.2) is 30.7 Å². The van der Waals surface area contributed by atoms with Crippen LogP contribution >= 0.6 is 0 Å². The Kier molecular flexibility index (Phi) is 5.37. The van der Waals surface area contributed by atoms with Gasteiger partial charge in [0.05, 0.1) is 5.60 Å². The van der Waals surface area contributed by atoms with E-state index >= 15 is 0 Å². The molecule has 21 heavy (non-hydrogen) atoms. The molecule has 1 aliphatic heterocycles. The molecule has 0 bridgehead atoms. The van der Waals surface area contributed by atoms with Crippen LogP contribution < -0.4 is 10.6 Å². The Morgan fingerprint density at radius 2 is 2.24 bits per heavy atom. The molecule has 4 nitrogen and oxygen atoms in total. The standard InChI is InChI=1S/C17H26N2O2/c1-4-9-18-16(20)14-7-5-6-13(11-14)12-19-15-8-10-21-17(15,2)3/h5-7,11,15,19H,4,8-10,12H2,1-3H3,(H,18,20). The summed E-state index contributed by atoms with van der Waals surface area (Å²) in [5.74, 6) is 0.00299. The molecule has 0 aromatic heterocycles. The molecule has 1 aromatic rings. The molecule has 0 saturated carbocycles. The Balaban J connectivity index is 1.93. The number of benzene rings is 1. The van der Waals surface area contributed by atoms with Gasteiger partial charge in [0, 0.05) is 31.3 Å². The van der Waals surface area contributed by atoms with E-state index in [9.17, 15) is 4.79 Å². The highest BCUT2D eigenvalue weighted by Crippen LogP contribution is 2.25. The van der Waals surface area contributed by atoms with Crippen molar-refractivity contribution in [3.05, 3.63) is 35.4 Å². The number of carbonyl (C=O) groups excluding carboxylic acids is 1. The Morgan fingerprint density at radius 3 is 2.90 bits per heavy atom. The fraction of sp³-hybridized carbons (Fsp3) is 0.588. The van der Waals surface area contributed by atoms with Gasteiger partial charge in [0.1, 0.15) is 0 Å². The number of nitrogens with one attached hydrogen (secondary N) is 2. The topological polar surface area (TPSA) is 50.4 Å². The summed E-state index contributed by atoms with van der Waals surface area (Å²) in [6.07, 6.45) is 1.98. The van der Waals surface area contributed by atoms with Gasteiger partial charge in [-0.2, -0.15) is 0 Å². The zero-order valence-electron chi connectivity index (χ0n) is 13.2. The normalized spacial score (nSPS) is 20.4. The lowest BCUT2D eigenvalue weighted by Gasteiger charge is -2.26. The maximum absolute atomic E-state index is 12.0. The summed E-state index contributed by atoms with van der Waals surface area (Å²) in [7, 11) is 0. The van der Waals surface area contributed by atoms with Crippen LogP contribution in [0.1, 0.15) is 49.5 Å². The van der Waals surface area contributed by atoms with E-state index in [0.717, 1.165) is 43.7 Å². The molecule has 0 aliphatic carbocycles. The van der Waals surface area contributed by atoms with Crippen molar-refractivity contribution in [1.82, 2.24) is 10.6 Å². The molecule has 1 atom stereocenters. The minimum absolute atomic E-state index is 0.00299. The molecule has 1 aromatic carbocycles. The summed E-state index contributed by atoms with van der Waals surface area (Å²) in [6.45, 7) is 8.57. The predicted molar refractivity (Wildman–Crippen MR) is 84.3 cm³/mol. The average molecular weight is 290 g/mol.